The summed E-state index contributed by atoms with van der Waals surface area (Å²) < 4.78 is 16.2. The van der Waals surface area contributed by atoms with Crippen LogP contribution in [0.1, 0.15) is 73.2 Å². The minimum Gasteiger partial charge on any atom is -0.388 e. The Balaban J connectivity index is 1.27. The molecule has 0 radical (unpaired) electrons. The van der Waals surface area contributed by atoms with Crippen LogP contribution in [0.25, 0.3) is 16.4 Å². The summed E-state index contributed by atoms with van der Waals surface area (Å²) in [6.45, 7) is 0. The Morgan fingerprint density at radius 3 is 2.55 bits per heavy atom. The van der Waals surface area contributed by atoms with Gasteiger partial charge in [-0.05, 0) is 85.6 Å². The second-order valence-corrected chi connectivity index (χ2v) is 9.24. The second kappa shape index (κ2) is 7.41. The van der Waals surface area contributed by atoms with Gasteiger partial charge in [0.1, 0.15) is 11.3 Å². The van der Waals surface area contributed by atoms with Crippen LogP contribution in [0.3, 0.4) is 0 Å². The third-order valence-electron chi connectivity index (χ3n) is 7.39. The molecule has 3 heterocycles. The Bertz CT molecular complexity index is 1250. The lowest BCUT2D eigenvalue weighted by atomic mass is 9.74. The van der Waals surface area contributed by atoms with Gasteiger partial charge in [0.2, 0.25) is 0 Å². The Morgan fingerprint density at radius 2 is 1.74 bits per heavy atom. The lowest BCUT2D eigenvalue weighted by Crippen LogP contribution is -2.21. The highest BCUT2D eigenvalue weighted by Crippen LogP contribution is 2.48. The van der Waals surface area contributed by atoms with Crippen molar-refractivity contribution in [3.8, 4) is 0 Å². The molecule has 0 spiro atoms. The molecule has 0 unspecified atom stereocenters. The van der Waals surface area contributed by atoms with Gasteiger partial charge >= 0.3 is 0 Å². The van der Waals surface area contributed by atoms with Crippen LogP contribution in [0.2, 0.25) is 0 Å². The van der Waals surface area contributed by atoms with Crippen molar-refractivity contribution in [2.24, 2.45) is 5.92 Å². The molecule has 31 heavy (non-hydrogen) atoms. The largest absolute Gasteiger partial charge is 0.388 e. The van der Waals surface area contributed by atoms with Gasteiger partial charge < -0.3 is 9.51 Å². The number of pyridine rings is 2. The Hall–Kier alpha value is -2.79. The summed E-state index contributed by atoms with van der Waals surface area (Å²) in [6, 6.07) is 9.43. The van der Waals surface area contributed by atoms with Crippen molar-refractivity contribution in [3.63, 3.8) is 0 Å². The smallest absolute Gasteiger partial charge is 0.149 e. The van der Waals surface area contributed by atoms with Gasteiger partial charge in [0.25, 0.3) is 0 Å². The molecule has 0 saturated heterocycles. The first-order chi connectivity index (χ1) is 15.2. The van der Waals surface area contributed by atoms with Crippen LogP contribution in [0.4, 0.5) is 4.39 Å². The Kier molecular flexibility index (Phi) is 4.53. The highest BCUT2D eigenvalue weighted by atomic mass is 19.1. The number of hydrogen-bond acceptors (Lipinski definition) is 3. The summed E-state index contributed by atoms with van der Waals surface area (Å²) in [5.74, 6) is 0.938. The predicted octanol–water partition coefficient (Wildman–Crippen LogP) is 5.91. The summed E-state index contributed by atoms with van der Waals surface area (Å²) in [4.78, 5) is 8.57. The fourth-order valence-corrected chi connectivity index (χ4v) is 5.60. The third-order valence-corrected chi connectivity index (χ3v) is 7.39. The number of benzene rings is 1. The van der Waals surface area contributed by atoms with Crippen molar-refractivity contribution in [1.82, 2.24) is 14.4 Å². The van der Waals surface area contributed by atoms with Crippen molar-refractivity contribution in [1.29, 1.82) is 0 Å². The molecule has 0 amide bonds. The van der Waals surface area contributed by atoms with Crippen molar-refractivity contribution in [2.45, 2.75) is 56.5 Å². The number of halogens is 1. The molecule has 1 N–H and O–H groups in total. The van der Waals surface area contributed by atoms with E-state index >= 15 is 0 Å². The Morgan fingerprint density at radius 1 is 0.968 bits per heavy atom. The first-order valence-corrected chi connectivity index (χ1v) is 11.4. The molecule has 2 saturated carbocycles. The molecule has 5 heteroatoms. The lowest BCUT2D eigenvalue weighted by molar-refractivity contribution is 0.0811. The first-order valence-electron chi connectivity index (χ1n) is 11.4. The van der Waals surface area contributed by atoms with Crippen LogP contribution in [-0.4, -0.2) is 19.5 Å². The van der Waals surface area contributed by atoms with Gasteiger partial charge in [-0.25, -0.2) is 9.37 Å². The van der Waals surface area contributed by atoms with E-state index in [1.54, 1.807) is 12.3 Å². The molecule has 2 aliphatic carbocycles. The normalized spacial score (nSPS) is 22.8. The van der Waals surface area contributed by atoms with Gasteiger partial charge in [0, 0.05) is 23.3 Å². The van der Waals surface area contributed by atoms with Crippen molar-refractivity contribution in [2.75, 3.05) is 0 Å². The first kappa shape index (κ1) is 18.9. The summed E-state index contributed by atoms with van der Waals surface area (Å²) in [5.41, 5.74) is 5.08. The molecule has 0 bridgehead atoms. The maximum absolute atomic E-state index is 14.2. The highest BCUT2D eigenvalue weighted by molar-refractivity contribution is 5.83. The molecule has 0 aliphatic heterocycles. The maximum Gasteiger partial charge on any atom is 0.149 e. The van der Waals surface area contributed by atoms with E-state index in [1.807, 2.05) is 29.1 Å². The van der Waals surface area contributed by atoms with Gasteiger partial charge in [-0.2, -0.15) is 0 Å². The van der Waals surface area contributed by atoms with Crippen molar-refractivity contribution >= 4 is 16.4 Å². The molecule has 158 valence electrons. The van der Waals surface area contributed by atoms with Crippen LogP contribution in [-0.2, 0) is 0 Å². The molecular formula is C26H26FN3O. The summed E-state index contributed by atoms with van der Waals surface area (Å²) in [5, 5.41) is 12.4. The number of fused-ring (bicyclic) bond motifs is 2. The minimum absolute atomic E-state index is 0.236. The topological polar surface area (TPSA) is 50.4 Å². The standard InChI is InChI=1S/C26H26FN3O/c27-22-3-1-2-21-19(10-12-29-25(21)22)16-6-8-18(9-7-16)26(31)24-20(17-4-5-17)11-13-30-15-28-14-23(24)30/h1-3,10-18,26,31H,4-9H2/t16?,18?,26-/m1/s1. The molecule has 4 aromatic rings. The van der Waals surface area contributed by atoms with E-state index < -0.39 is 6.10 Å². The zero-order chi connectivity index (χ0) is 20.9. The molecule has 1 atom stereocenters. The monoisotopic (exact) mass is 415 g/mol. The maximum atomic E-state index is 14.2. The number of nitrogens with zero attached hydrogens (tertiary/aromatic N) is 3. The summed E-state index contributed by atoms with van der Waals surface area (Å²) in [7, 11) is 0. The fraction of sp³-hybridized carbons (Fsp3) is 0.385. The molecule has 4 nitrogen and oxygen atoms in total. The molecule has 3 aromatic heterocycles. The van der Waals surface area contributed by atoms with Gasteiger partial charge in [0.05, 0.1) is 24.1 Å². The summed E-state index contributed by atoms with van der Waals surface area (Å²) in [6.07, 6.45) is 13.4. The third kappa shape index (κ3) is 3.23. The predicted molar refractivity (Wildman–Crippen MR) is 119 cm³/mol. The van der Waals surface area contributed by atoms with Gasteiger partial charge in [0.15, 0.2) is 0 Å². The Labute approximate surface area is 180 Å². The average Bonchev–Trinajstić information content (AvgIpc) is 3.54. The number of aliphatic hydroxyl groups excluding tert-OH is 1. The van der Waals surface area contributed by atoms with E-state index in [-0.39, 0.29) is 11.7 Å². The molecule has 1 aromatic carbocycles. The molecule has 6 rings (SSSR count). The van der Waals surface area contributed by atoms with Crippen molar-refractivity contribution < 1.29 is 9.50 Å². The number of hydrogen-bond donors (Lipinski definition) is 1. The van der Waals surface area contributed by atoms with Crippen LogP contribution in [0.5, 0.6) is 0 Å². The number of imidazole rings is 1. The lowest BCUT2D eigenvalue weighted by Gasteiger charge is -2.33. The minimum atomic E-state index is -0.469. The van der Waals surface area contributed by atoms with E-state index in [1.165, 1.54) is 30.0 Å². The van der Waals surface area contributed by atoms with Gasteiger partial charge in [-0.15, -0.1) is 0 Å². The SMILES string of the molecule is O[C@@H](c1c(C2CC2)ccn2cncc12)C1CCC(c2ccnc3c(F)cccc23)CC1. The highest BCUT2D eigenvalue weighted by Gasteiger charge is 2.34. The van der Waals surface area contributed by atoms with Crippen LogP contribution >= 0.6 is 0 Å². The zero-order valence-electron chi connectivity index (χ0n) is 17.4. The quantitative estimate of drug-likeness (QED) is 0.451. The zero-order valence-corrected chi connectivity index (χ0v) is 17.4. The van der Waals surface area contributed by atoms with Crippen LogP contribution in [0, 0.1) is 11.7 Å². The summed E-state index contributed by atoms with van der Waals surface area (Å²) >= 11 is 0. The molecular weight excluding hydrogens is 389 g/mol. The fourth-order valence-electron chi connectivity index (χ4n) is 5.60. The van der Waals surface area contributed by atoms with E-state index in [2.05, 4.69) is 22.2 Å². The van der Waals surface area contributed by atoms with E-state index in [0.717, 1.165) is 42.1 Å². The van der Waals surface area contributed by atoms with E-state index in [9.17, 15) is 9.50 Å². The number of aromatic nitrogens is 3. The number of rotatable bonds is 4. The number of para-hydroxylation sites is 1. The van der Waals surface area contributed by atoms with E-state index in [4.69, 9.17) is 0 Å². The van der Waals surface area contributed by atoms with E-state index in [0.29, 0.717) is 17.4 Å². The second-order valence-electron chi connectivity index (χ2n) is 9.24. The van der Waals surface area contributed by atoms with Crippen LogP contribution < -0.4 is 0 Å². The van der Waals surface area contributed by atoms with Gasteiger partial charge in [-0.1, -0.05) is 12.1 Å². The number of aliphatic hydroxyl groups is 1. The molecule has 2 fully saturated rings. The van der Waals surface area contributed by atoms with Crippen LogP contribution in [0.15, 0.2) is 55.2 Å². The average molecular weight is 416 g/mol. The molecule has 2 aliphatic rings. The van der Waals surface area contributed by atoms with Gasteiger partial charge in [-0.3, -0.25) is 4.98 Å². The van der Waals surface area contributed by atoms with Crippen molar-refractivity contribution in [3.05, 3.63) is 77.8 Å².